The lowest BCUT2D eigenvalue weighted by atomic mass is 10.2. The van der Waals surface area contributed by atoms with Gasteiger partial charge in [0.25, 0.3) is 0 Å². The van der Waals surface area contributed by atoms with Gasteiger partial charge in [0.15, 0.2) is 0 Å². The lowest BCUT2D eigenvalue weighted by Crippen LogP contribution is -2.06. The number of esters is 1. The van der Waals surface area contributed by atoms with Gasteiger partial charge in [-0.3, -0.25) is 4.79 Å². The van der Waals surface area contributed by atoms with Crippen LogP contribution in [-0.4, -0.2) is 19.7 Å². The van der Waals surface area contributed by atoms with Crippen LogP contribution in [-0.2, 0) is 11.3 Å². The second-order valence-corrected chi connectivity index (χ2v) is 7.45. The van der Waals surface area contributed by atoms with Crippen molar-refractivity contribution < 1.29 is 28.2 Å². The summed E-state index contributed by atoms with van der Waals surface area (Å²) < 4.78 is 27.6. The van der Waals surface area contributed by atoms with Crippen LogP contribution in [0.25, 0.3) is 11.0 Å². The molecule has 4 rings (SSSR count). The molecule has 0 N–H and O–H groups in total. The summed E-state index contributed by atoms with van der Waals surface area (Å²) in [7, 11) is 1.61. The first-order valence-electron chi connectivity index (χ1n) is 10.8. The predicted octanol–water partition coefficient (Wildman–Crippen LogP) is 5.74. The lowest BCUT2D eigenvalue weighted by molar-refractivity contribution is 0.0505. The Labute approximate surface area is 196 Å². The average molecular weight is 460 g/mol. The van der Waals surface area contributed by atoms with E-state index in [4.69, 9.17) is 23.4 Å². The molecule has 0 bridgehead atoms. The fraction of sp³-hybridized carbons (Fsp3) is 0.185. The van der Waals surface area contributed by atoms with Gasteiger partial charge >= 0.3 is 5.97 Å². The molecule has 0 radical (unpaired) electrons. The zero-order valence-corrected chi connectivity index (χ0v) is 18.9. The van der Waals surface area contributed by atoms with E-state index in [1.165, 1.54) is 6.26 Å². The molecule has 1 heterocycles. The van der Waals surface area contributed by atoms with E-state index in [0.717, 1.165) is 17.7 Å². The first kappa shape index (κ1) is 22.9. The van der Waals surface area contributed by atoms with Crippen LogP contribution >= 0.6 is 0 Å². The smallest absolute Gasteiger partial charge is 0.338 e. The number of ether oxygens (including phenoxy) is 4. The number of hydrogen-bond donors (Lipinski definition) is 0. The van der Waals surface area contributed by atoms with E-state index >= 15 is 0 Å². The van der Waals surface area contributed by atoms with Gasteiger partial charge in [0.1, 0.15) is 35.7 Å². The van der Waals surface area contributed by atoms with Gasteiger partial charge in [-0.1, -0.05) is 25.1 Å². The monoisotopic (exact) mass is 460 g/mol. The van der Waals surface area contributed by atoms with Gasteiger partial charge in [0.2, 0.25) is 11.2 Å². The topological polar surface area (TPSA) is 84.2 Å². The summed E-state index contributed by atoms with van der Waals surface area (Å²) >= 11 is 0. The number of carbonyl (C=O) groups excluding carboxylic acids is 1. The first-order chi connectivity index (χ1) is 16.6. The van der Waals surface area contributed by atoms with Crippen LogP contribution in [0.4, 0.5) is 0 Å². The molecule has 0 aliphatic rings. The van der Waals surface area contributed by atoms with Crippen molar-refractivity contribution >= 4 is 16.9 Å². The molecule has 0 amide bonds. The highest BCUT2D eigenvalue weighted by Gasteiger charge is 2.12. The van der Waals surface area contributed by atoms with E-state index in [-0.39, 0.29) is 11.2 Å². The van der Waals surface area contributed by atoms with Gasteiger partial charge in [-0.25, -0.2) is 4.79 Å². The molecule has 174 valence electrons. The Balaban J connectivity index is 1.47. The third-order valence-corrected chi connectivity index (χ3v) is 5.06. The number of hydrogen-bond acceptors (Lipinski definition) is 7. The van der Waals surface area contributed by atoms with Crippen molar-refractivity contribution in [2.45, 2.75) is 20.0 Å². The molecule has 34 heavy (non-hydrogen) atoms. The van der Waals surface area contributed by atoms with Crippen LogP contribution in [0.1, 0.15) is 29.3 Å². The van der Waals surface area contributed by atoms with Crippen LogP contribution in [0.3, 0.4) is 0 Å². The zero-order chi connectivity index (χ0) is 23.9. The maximum absolute atomic E-state index is 12.9. The molecule has 0 unspecified atom stereocenters. The van der Waals surface area contributed by atoms with Gasteiger partial charge in [0.05, 0.1) is 24.7 Å². The Morgan fingerprint density at radius 2 is 1.71 bits per heavy atom. The maximum atomic E-state index is 12.9. The van der Waals surface area contributed by atoms with E-state index in [1.54, 1.807) is 49.6 Å². The van der Waals surface area contributed by atoms with E-state index < -0.39 is 5.97 Å². The molecule has 0 aliphatic heterocycles. The van der Waals surface area contributed by atoms with Crippen LogP contribution in [0.5, 0.6) is 23.0 Å². The summed E-state index contributed by atoms with van der Waals surface area (Å²) in [5, 5.41) is 0.363. The Kier molecular flexibility index (Phi) is 7.13. The molecule has 0 aliphatic carbocycles. The minimum absolute atomic E-state index is 0.0384. The minimum Gasteiger partial charge on any atom is -0.496 e. The van der Waals surface area contributed by atoms with E-state index in [0.29, 0.717) is 41.2 Å². The number of benzene rings is 3. The Bertz CT molecular complexity index is 1340. The molecule has 7 heteroatoms. The van der Waals surface area contributed by atoms with Crippen molar-refractivity contribution in [1.29, 1.82) is 0 Å². The lowest BCUT2D eigenvalue weighted by Gasteiger charge is -2.11. The normalized spacial score (nSPS) is 10.6. The van der Waals surface area contributed by atoms with E-state index in [9.17, 15) is 9.59 Å². The first-order valence-corrected chi connectivity index (χ1v) is 10.8. The Hall–Kier alpha value is -4.26. The maximum Gasteiger partial charge on any atom is 0.338 e. The van der Waals surface area contributed by atoms with Gasteiger partial charge in [-0.05, 0) is 48.9 Å². The van der Waals surface area contributed by atoms with Crippen LogP contribution < -0.4 is 19.6 Å². The molecule has 1 aromatic heterocycles. The fourth-order valence-electron chi connectivity index (χ4n) is 3.30. The molecule has 0 atom stereocenters. The molecule has 0 saturated carbocycles. The molecule has 0 saturated heterocycles. The number of para-hydroxylation sites is 1. The number of fused-ring (bicyclic) bond motifs is 1. The van der Waals surface area contributed by atoms with Crippen molar-refractivity contribution in [2.24, 2.45) is 0 Å². The predicted molar refractivity (Wildman–Crippen MR) is 127 cm³/mol. The van der Waals surface area contributed by atoms with Crippen molar-refractivity contribution in [3.05, 3.63) is 94.3 Å². The summed E-state index contributed by atoms with van der Waals surface area (Å²) in [6, 6.07) is 19.0. The Morgan fingerprint density at radius 3 is 2.47 bits per heavy atom. The average Bonchev–Trinajstić information content (AvgIpc) is 2.88. The second kappa shape index (κ2) is 10.6. The summed E-state index contributed by atoms with van der Waals surface area (Å²) in [4.78, 5) is 24.8. The van der Waals surface area contributed by atoms with E-state index in [1.807, 2.05) is 31.2 Å². The third kappa shape index (κ3) is 5.20. The molecule has 0 fully saturated rings. The molecule has 3 aromatic carbocycles. The summed E-state index contributed by atoms with van der Waals surface area (Å²) in [6.07, 6.45) is 2.01. The summed E-state index contributed by atoms with van der Waals surface area (Å²) in [6.45, 7) is 2.60. The van der Waals surface area contributed by atoms with E-state index in [2.05, 4.69) is 0 Å². The second-order valence-electron chi connectivity index (χ2n) is 7.45. The number of rotatable bonds is 9. The van der Waals surface area contributed by atoms with Crippen LogP contribution in [0, 0.1) is 0 Å². The molecular weight excluding hydrogens is 436 g/mol. The molecule has 0 spiro atoms. The van der Waals surface area contributed by atoms with Gasteiger partial charge in [0, 0.05) is 11.6 Å². The van der Waals surface area contributed by atoms with Crippen molar-refractivity contribution in [3.8, 4) is 23.0 Å². The highest BCUT2D eigenvalue weighted by molar-refractivity contribution is 5.89. The van der Waals surface area contributed by atoms with Gasteiger partial charge < -0.3 is 23.4 Å². The number of carbonyl (C=O) groups is 1. The highest BCUT2D eigenvalue weighted by atomic mass is 16.5. The van der Waals surface area contributed by atoms with Crippen molar-refractivity contribution in [3.63, 3.8) is 0 Å². The summed E-state index contributed by atoms with van der Waals surface area (Å²) in [5.41, 5.74) is 1.37. The summed E-state index contributed by atoms with van der Waals surface area (Å²) in [5.74, 6) is 1.33. The quantitative estimate of drug-likeness (QED) is 0.295. The Morgan fingerprint density at radius 1 is 0.941 bits per heavy atom. The van der Waals surface area contributed by atoms with Crippen molar-refractivity contribution in [1.82, 2.24) is 0 Å². The SMILES string of the molecule is CCCOC(=O)c1ccc(Oc2coc3cc(OCc4ccccc4OC)ccc3c2=O)cc1. The fourth-order valence-corrected chi connectivity index (χ4v) is 3.30. The van der Waals surface area contributed by atoms with Crippen LogP contribution in [0.2, 0.25) is 0 Å². The van der Waals surface area contributed by atoms with Gasteiger partial charge in [-0.15, -0.1) is 0 Å². The number of methoxy groups -OCH3 is 1. The largest absolute Gasteiger partial charge is 0.496 e. The molecule has 7 nitrogen and oxygen atoms in total. The zero-order valence-electron chi connectivity index (χ0n) is 18.9. The van der Waals surface area contributed by atoms with Crippen LogP contribution in [0.15, 0.2) is 82.2 Å². The standard InChI is InChI=1S/C27H24O7/c1-3-14-31-27(29)18-8-10-20(11-9-18)34-25-17-33-24-15-21(12-13-22(24)26(25)28)32-16-19-6-4-5-7-23(19)30-2/h4-13,15,17H,3,14,16H2,1-2H3. The van der Waals surface area contributed by atoms with Gasteiger partial charge in [-0.2, -0.15) is 0 Å². The highest BCUT2D eigenvalue weighted by Crippen LogP contribution is 2.26. The van der Waals surface area contributed by atoms with Crippen molar-refractivity contribution in [2.75, 3.05) is 13.7 Å². The molecule has 4 aromatic rings. The minimum atomic E-state index is -0.401. The third-order valence-electron chi connectivity index (χ3n) is 5.06. The molecular formula is C27H24O7.